The van der Waals surface area contributed by atoms with Crippen LogP contribution < -0.4 is 19.7 Å². The van der Waals surface area contributed by atoms with Gasteiger partial charge in [-0.25, -0.2) is 13.1 Å². The SMILES string of the molecule is CN(C)CCOc1ccc(-c2ccccc2CN2CCN(c3ccc(C(=O)NS(=O)(=O)c4ccc(N[C@H](CCN(C)C)CSc5ccccc5)c([N+](=O)[O-])c4)cc3)CC2)cc1. The Morgan fingerprint density at radius 1 is 0.836 bits per heavy atom. The van der Waals surface area contributed by atoms with Gasteiger partial charge in [-0.1, -0.05) is 54.6 Å². The zero-order chi connectivity index (χ0) is 43.4. The third kappa shape index (κ3) is 13.0. The van der Waals surface area contributed by atoms with E-state index in [1.807, 2.05) is 87.7 Å². The van der Waals surface area contributed by atoms with Crippen LogP contribution in [0.4, 0.5) is 17.1 Å². The number of nitrogens with zero attached hydrogens (tertiary/aromatic N) is 5. The molecule has 0 spiro atoms. The Hall–Kier alpha value is -5.45. The van der Waals surface area contributed by atoms with E-state index in [1.54, 1.807) is 23.9 Å². The summed E-state index contributed by atoms with van der Waals surface area (Å²) in [5.74, 6) is 0.670. The summed E-state index contributed by atoms with van der Waals surface area (Å²) in [6.45, 7) is 6.31. The number of carbonyl (C=O) groups excluding carboxylic acids is 1. The number of nitrogens with one attached hydrogen (secondary N) is 2. The number of thioether (sulfide) groups is 1. The Kier molecular flexibility index (Phi) is 15.8. The van der Waals surface area contributed by atoms with Crippen molar-refractivity contribution in [1.82, 2.24) is 19.4 Å². The molecule has 322 valence electrons. The molecule has 13 nitrogen and oxygen atoms in total. The van der Waals surface area contributed by atoms with E-state index in [-0.39, 0.29) is 22.2 Å². The van der Waals surface area contributed by atoms with Gasteiger partial charge in [0.25, 0.3) is 21.6 Å². The van der Waals surface area contributed by atoms with Crippen molar-refractivity contribution in [3.8, 4) is 16.9 Å². The molecule has 0 aliphatic carbocycles. The maximum atomic E-state index is 13.4. The average Bonchev–Trinajstić information content (AvgIpc) is 3.25. The second kappa shape index (κ2) is 21.4. The molecule has 1 heterocycles. The van der Waals surface area contributed by atoms with Crippen molar-refractivity contribution in [2.45, 2.75) is 28.8 Å². The van der Waals surface area contributed by atoms with Crippen molar-refractivity contribution in [3.05, 3.63) is 143 Å². The van der Waals surface area contributed by atoms with Crippen LogP contribution in [-0.2, 0) is 16.6 Å². The minimum Gasteiger partial charge on any atom is -0.492 e. The third-order valence-corrected chi connectivity index (χ3v) is 12.9. The highest BCUT2D eigenvalue weighted by Crippen LogP contribution is 2.31. The molecule has 5 aromatic carbocycles. The summed E-state index contributed by atoms with van der Waals surface area (Å²) in [5.41, 5.74) is 4.49. The first-order valence-electron chi connectivity index (χ1n) is 20.3. The van der Waals surface area contributed by atoms with Crippen LogP contribution in [0.15, 0.2) is 131 Å². The summed E-state index contributed by atoms with van der Waals surface area (Å²) >= 11 is 1.63. The number of anilines is 2. The lowest BCUT2D eigenvalue weighted by Gasteiger charge is -2.36. The van der Waals surface area contributed by atoms with E-state index >= 15 is 0 Å². The summed E-state index contributed by atoms with van der Waals surface area (Å²) in [7, 11) is 3.54. The van der Waals surface area contributed by atoms with Gasteiger partial charge in [0.05, 0.1) is 9.82 Å². The Morgan fingerprint density at radius 3 is 2.18 bits per heavy atom. The molecule has 0 radical (unpaired) electrons. The van der Waals surface area contributed by atoms with Crippen LogP contribution in [0.5, 0.6) is 5.75 Å². The predicted molar refractivity (Wildman–Crippen MR) is 245 cm³/mol. The van der Waals surface area contributed by atoms with Gasteiger partial charge in [0, 0.05) is 73.3 Å². The lowest BCUT2D eigenvalue weighted by Crippen LogP contribution is -2.46. The highest BCUT2D eigenvalue weighted by Gasteiger charge is 2.26. The Labute approximate surface area is 363 Å². The summed E-state index contributed by atoms with van der Waals surface area (Å²) in [6.07, 6.45) is 0.704. The number of nitro benzene ring substituents is 1. The van der Waals surface area contributed by atoms with Crippen molar-refractivity contribution in [2.75, 3.05) is 90.0 Å². The van der Waals surface area contributed by atoms with Crippen LogP contribution in [0.25, 0.3) is 11.1 Å². The van der Waals surface area contributed by atoms with Crippen LogP contribution in [0, 0.1) is 10.1 Å². The van der Waals surface area contributed by atoms with Crippen molar-refractivity contribution < 1.29 is 22.9 Å². The number of hydrogen-bond acceptors (Lipinski definition) is 12. The highest BCUT2D eigenvalue weighted by molar-refractivity contribution is 7.99. The molecule has 1 fully saturated rings. The Morgan fingerprint density at radius 2 is 1.51 bits per heavy atom. The molecule has 0 unspecified atom stereocenters. The number of piperazine rings is 1. The van der Waals surface area contributed by atoms with Crippen molar-refractivity contribution >= 4 is 44.8 Å². The molecular weight excluding hydrogens is 811 g/mol. The van der Waals surface area contributed by atoms with Gasteiger partial charge in [0.2, 0.25) is 0 Å². The molecule has 5 aromatic rings. The maximum Gasteiger partial charge on any atom is 0.293 e. The maximum absolute atomic E-state index is 13.4. The number of likely N-dealkylation sites (N-methyl/N-ethyl adjacent to an activating group) is 1. The zero-order valence-electron chi connectivity index (χ0n) is 35.2. The molecular formula is C46H55N7O6S2. The number of carbonyl (C=O) groups is 1. The summed E-state index contributed by atoms with van der Waals surface area (Å²) in [6, 6.07) is 37.0. The summed E-state index contributed by atoms with van der Waals surface area (Å²) in [5, 5.41) is 15.5. The number of amides is 1. The fourth-order valence-electron chi connectivity index (χ4n) is 6.98. The number of ether oxygens (including phenoxy) is 1. The van der Waals surface area contributed by atoms with Gasteiger partial charge in [0.1, 0.15) is 18.0 Å². The van der Waals surface area contributed by atoms with E-state index in [0.717, 1.165) is 73.8 Å². The standard InChI is InChI=1S/C46H55N7O6S2/c1-49(2)25-24-38(34-60-41-11-6-5-7-12-41)47-44-23-22-42(32-45(44)53(55)56)61(57,58)48-46(54)36-14-18-39(19-15-36)52-28-26-51(27-29-52)33-37-10-8-9-13-43(37)35-16-20-40(21-17-35)59-31-30-50(3)4/h5-23,32,38,47H,24-31,33-34H2,1-4H3,(H,48,54)/t38-/m1/s1. The minimum absolute atomic E-state index is 0.142. The lowest BCUT2D eigenvalue weighted by molar-refractivity contribution is -0.384. The molecule has 1 aliphatic heterocycles. The average molecular weight is 866 g/mol. The number of hydrogen-bond donors (Lipinski definition) is 2. The minimum atomic E-state index is -4.43. The van der Waals surface area contributed by atoms with Crippen molar-refractivity contribution in [2.24, 2.45) is 0 Å². The predicted octanol–water partition coefficient (Wildman–Crippen LogP) is 7.17. The first-order chi connectivity index (χ1) is 29.3. The van der Waals surface area contributed by atoms with Crippen LogP contribution in [0.2, 0.25) is 0 Å². The van der Waals surface area contributed by atoms with Crippen LogP contribution in [-0.4, -0.2) is 120 Å². The second-order valence-electron chi connectivity index (χ2n) is 15.6. The van der Waals surface area contributed by atoms with Gasteiger partial charge in [-0.05, 0) is 119 Å². The van der Waals surface area contributed by atoms with E-state index in [9.17, 15) is 23.3 Å². The molecule has 1 atom stereocenters. The number of rotatable bonds is 20. The number of nitro groups is 1. The summed E-state index contributed by atoms with van der Waals surface area (Å²) < 4.78 is 34.8. The Balaban J connectivity index is 1.03. The molecule has 1 saturated heterocycles. The van der Waals surface area contributed by atoms with Crippen molar-refractivity contribution in [3.63, 3.8) is 0 Å². The van der Waals surface area contributed by atoms with Gasteiger partial charge in [-0.2, -0.15) is 0 Å². The fraction of sp³-hybridized carbons (Fsp3) is 0.326. The molecule has 0 saturated carbocycles. The van der Waals surface area contributed by atoms with E-state index in [2.05, 4.69) is 61.1 Å². The molecule has 61 heavy (non-hydrogen) atoms. The number of sulfonamides is 1. The highest BCUT2D eigenvalue weighted by atomic mass is 32.2. The van der Waals surface area contributed by atoms with Gasteiger partial charge in [0.15, 0.2) is 0 Å². The summed E-state index contributed by atoms with van der Waals surface area (Å²) in [4.78, 5) is 34.3. The van der Waals surface area contributed by atoms with Gasteiger partial charge in [-0.15, -0.1) is 11.8 Å². The molecule has 1 aliphatic rings. The van der Waals surface area contributed by atoms with E-state index < -0.39 is 26.5 Å². The van der Waals surface area contributed by atoms with E-state index in [1.165, 1.54) is 23.3 Å². The Bertz CT molecular complexity index is 2320. The molecule has 6 rings (SSSR count). The molecule has 15 heteroatoms. The molecule has 2 N–H and O–H groups in total. The lowest BCUT2D eigenvalue weighted by atomic mass is 9.99. The fourth-order valence-corrected chi connectivity index (χ4v) is 8.97. The zero-order valence-corrected chi connectivity index (χ0v) is 36.8. The van der Waals surface area contributed by atoms with E-state index in [0.29, 0.717) is 18.8 Å². The molecule has 1 amide bonds. The van der Waals surface area contributed by atoms with Crippen LogP contribution >= 0.6 is 11.8 Å². The second-order valence-corrected chi connectivity index (χ2v) is 18.3. The monoisotopic (exact) mass is 865 g/mol. The van der Waals surface area contributed by atoms with Crippen LogP contribution in [0.3, 0.4) is 0 Å². The topological polar surface area (TPSA) is 141 Å². The van der Waals surface area contributed by atoms with Crippen molar-refractivity contribution in [1.29, 1.82) is 0 Å². The molecule has 0 bridgehead atoms. The quantitative estimate of drug-likeness (QED) is 0.0466. The van der Waals surface area contributed by atoms with Crippen LogP contribution in [0.1, 0.15) is 22.3 Å². The first kappa shape index (κ1) is 45.1. The smallest absolute Gasteiger partial charge is 0.293 e. The van der Waals surface area contributed by atoms with Gasteiger partial charge in [-0.3, -0.25) is 19.8 Å². The van der Waals surface area contributed by atoms with E-state index in [4.69, 9.17) is 4.74 Å². The molecule has 0 aromatic heterocycles. The largest absolute Gasteiger partial charge is 0.492 e. The van der Waals surface area contributed by atoms with Gasteiger partial charge < -0.3 is 24.8 Å². The number of benzene rings is 5. The third-order valence-electron chi connectivity index (χ3n) is 10.4. The normalized spacial score (nSPS) is 13.9. The van der Waals surface area contributed by atoms with Gasteiger partial charge >= 0.3 is 0 Å². The first-order valence-corrected chi connectivity index (χ1v) is 22.8.